The third-order valence-corrected chi connectivity index (χ3v) is 6.83. The summed E-state index contributed by atoms with van der Waals surface area (Å²) < 4.78 is 5.55. The smallest absolute Gasteiger partial charge is 0.287 e. The first-order chi connectivity index (χ1) is 12.7. The van der Waals surface area contributed by atoms with Crippen LogP contribution in [0.5, 0.6) is 0 Å². The number of furan rings is 1. The van der Waals surface area contributed by atoms with Crippen molar-refractivity contribution in [3.05, 3.63) is 54.0 Å². The average molecular weight is 407 g/mol. The molecule has 0 radical (unpaired) electrons. The Morgan fingerprint density at radius 2 is 1.85 bits per heavy atom. The predicted molar refractivity (Wildman–Crippen MR) is 111 cm³/mol. The van der Waals surface area contributed by atoms with Crippen molar-refractivity contribution in [1.29, 1.82) is 0 Å². The second-order valence-corrected chi connectivity index (χ2v) is 8.61. The van der Waals surface area contributed by atoms with Crippen molar-refractivity contribution in [2.24, 2.45) is 17.6 Å². The minimum atomic E-state index is -0.0731. The lowest BCUT2D eigenvalue weighted by molar-refractivity contribution is 0.0731. The summed E-state index contributed by atoms with van der Waals surface area (Å²) in [7, 11) is 0. The number of amides is 1. The molecule has 0 saturated heterocycles. The Balaban J connectivity index is 0.00000210. The van der Waals surface area contributed by atoms with Gasteiger partial charge in [-0.15, -0.1) is 24.2 Å². The van der Waals surface area contributed by atoms with E-state index in [1.54, 1.807) is 18.0 Å². The molecule has 1 aromatic carbocycles. The molecular weight excluding hydrogens is 380 g/mol. The van der Waals surface area contributed by atoms with E-state index < -0.39 is 0 Å². The fourth-order valence-corrected chi connectivity index (χ4v) is 5.47. The van der Waals surface area contributed by atoms with Crippen LogP contribution in [0, 0.1) is 11.8 Å². The summed E-state index contributed by atoms with van der Waals surface area (Å²) >= 11 is 1.72. The molecule has 1 amide bonds. The first-order valence-electron chi connectivity index (χ1n) is 9.51. The lowest BCUT2D eigenvalue weighted by atomic mass is 9.67. The van der Waals surface area contributed by atoms with E-state index in [4.69, 9.17) is 10.2 Å². The van der Waals surface area contributed by atoms with Gasteiger partial charge in [-0.05, 0) is 55.7 Å². The molecule has 2 atom stereocenters. The van der Waals surface area contributed by atoms with Gasteiger partial charge in [0, 0.05) is 28.3 Å². The molecule has 27 heavy (non-hydrogen) atoms. The minimum Gasteiger partial charge on any atom is -0.459 e. The van der Waals surface area contributed by atoms with E-state index in [1.807, 2.05) is 24.3 Å². The maximum absolute atomic E-state index is 12.9. The van der Waals surface area contributed by atoms with Gasteiger partial charge in [-0.3, -0.25) is 4.79 Å². The van der Waals surface area contributed by atoms with Crippen molar-refractivity contribution in [1.82, 2.24) is 5.32 Å². The van der Waals surface area contributed by atoms with Gasteiger partial charge in [0.25, 0.3) is 5.91 Å². The van der Waals surface area contributed by atoms with Crippen LogP contribution >= 0.6 is 24.2 Å². The molecule has 2 saturated carbocycles. The molecule has 0 aliphatic heterocycles. The second kappa shape index (κ2) is 9.18. The normalized spacial score (nSPS) is 26.9. The number of rotatable bonds is 5. The summed E-state index contributed by atoms with van der Waals surface area (Å²) in [6.07, 6.45) is 7.27. The van der Waals surface area contributed by atoms with Crippen LogP contribution in [0.2, 0.25) is 0 Å². The fraction of sp³-hybridized carbons (Fsp3) is 0.476. The van der Waals surface area contributed by atoms with E-state index in [0.717, 1.165) is 24.2 Å². The van der Waals surface area contributed by atoms with Gasteiger partial charge in [-0.1, -0.05) is 24.6 Å². The Kier molecular flexibility index (Phi) is 6.90. The number of nitrogens with one attached hydrogen (secondary N) is 1. The van der Waals surface area contributed by atoms with Gasteiger partial charge >= 0.3 is 0 Å². The molecule has 3 N–H and O–H groups in total. The molecule has 2 aliphatic carbocycles. The maximum atomic E-state index is 12.9. The highest BCUT2D eigenvalue weighted by Gasteiger charge is 2.40. The lowest BCUT2D eigenvalue weighted by Crippen LogP contribution is -2.53. The molecular formula is C21H27ClN2O2S. The number of hydrogen-bond acceptors (Lipinski definition) is 4. The number of fused-ring (bicyclic) bond motifs is 2. The van der Waals surface area contributed by atoms with Crippen LogP contribution in [0.25, 0.3) is 0 Å². The van der Waals surface area contributed by atoms with E-state index >= 15 is 0 Å². The Morgan fingerprint density at radius 3 is 2.56 bits per heavy atom. The van der Waals surface area contributed by atoms with Crippen LogP contribution in [-0.2, 0) is 5.75 Å². The molecule has 2 aliphatic rings. The standard InChI is InChI=1S/C21H26N2O2S.ClH/c22-17-11-14-5-4-6-15(12-17)19(14)23-21(24)20-16(9-10-25-20)13-26-18-7-2-1-3-8-18;/h1-3,7-10,14-15,17,19H,4-6,11-13,22H2,(H,23,24);1H. The van der Waals surface area contributed by atoms with E-state index in [9.17, 15) is 4.79 Å². The summed E-state index contributed by atoms with van der Waals surface area (Å²) in [5, 5.41) is 3.28. The number of halogens is 1. The van der Waals surface area contributed by atoms with Gasteiger partial charge in [-0.2, -0.15) is 0 Å². The first-order valence-corrected chi connectivity index (χ1v) is 10.5. The zero-order valence-electron chi connectivity index (χ0n) is 15.3. The highest BCUT2D eigenvalue weighted by molar-refractivity contribution is 7.98. The summed E-state index contributed by atoms with van der Waals surface area (Å²) in [6, 6.07) is 12.7. The van der Waals surface area contributed by atoms with E-state index in [2.05, 4.69) is 17.4 Å². The summed E-state index contributed by atoms with van der Waals surface area (Å²) in [6.45, 7) is 0. The van der Waals surface area contributed by atoms with Gasteiger partial charge in [-0.25, -0.2) is 0 Å². The molecule has 6 heteroatoms. The average Bonchev–Trinajstić information content (AvgIpc) is 3.10. The minimum absolute atomic E-state index is 0. The van der Waals surface area contributed by atoms with Gasteiger partial charge in [0.1, 0.15) is 0 Å². The van der Waals surface area contributed by atoms with Gasteiger partial charge in [0.2, 0.25) is 0 Å². The monoisotopic (exact) mass is 406 g/mol. The Hall–Kier alpha value is -1.43. The molecule has 2 aromatic rings. The van der Waals surface area contributed by atoms with E-state index in [-0.39, 0.29) is 24.4 Å². The van der Waals surface area contributed by atoms with E-state index in [0.29, 0.717) is 23.6 Å². The molecule has 4 nitrogen and oxygen atoms in total. The maximum Gasteiger partial charge on any atom is 0.287 e. The van der Waals surface area contributed by atoms with Crippen molar-refractivity contribution >= 4 is 30.1 Å². The number of benzene rings is 1. The summed E-state index contributed by atoms with van der Waals surface area (Å²) in [4.78, 5) is 14.1. The van der Waals surface area contributed by atoms with Crippen molar-refractivity contribution < 1.29 is 9.21 Å². The molecule has 2 bridgehead atoms. The Morgan fingerprint density at radius 1 is 1.15 bits per heavy atom. The summed E-state index contributed by atoms with van der Waals surface area (Å²) in [5.41, 5.74) is 7.15. The molecule has 1 heterocycles. The van der Waals surface area contributed by atoms with Crippen LogP contribution in [0.1, 0.15) is 48.2 Å². The predicted octanol–water partition coefficient (Wildman–Crippen LogP) is 4.63. The van der Waals surface area contributed by atoms with Crippen molar-refractivity contribution in [3.8, 4) is 0 Å². The van der Waals surface area contributed by atoms with Crippen molar-refractivity contribution in [2.45, 2.75) is 54.8 Å². The number of carbonyl (C=O) groups is 1. The van der Waals surface area contributed by atoms with Gasteiger partial charge < -0.3 is 15.5 Å². The van der Waals surface area contributed by atoms with Crippen LogP contribution in [0.3, 0.4) is 0 Å². The second-order valence-electron chi connectivity index (χ2n) is 7.56. The van der Waals surface area contributed by atoms with E-state index in [1.165, 1.54) is 24.2 Å². The SMILES string of the molecule is Cl.NC1CC2CCCC(C1)C2NC(=O)c1occc1CSc1ccccc1. The molecule has 1 aromatic heterocycles. The third-order valence-electron chi connectivity index (χ3n) is 5.76. The van der Waals surface area contributed by atoms with Gasteiger partial charge in [0.05, 0.1) is 6.26 Å². The number of carbonyl (C=O) groups excluding carboxylic acids is 1. The van der Waals surface area contributed by atoms with Crippen LogP contribution in [0.15, 0.2) is 52.0 Å². The highest BCUT2D eigenvalue weighted by Crippen LogP contribution is 2.40. The molecule has 0 spiro atoms. The third kappa shape index (κ3) is 4.71. The quantitative estimate of drug-likeness (QED) is 0.710. The molecule has 2 fully saturated rings. The number of nitrogens with two attached hydrogens (primary N) is 1. The zero-order valence-corrected chi connectivity index (χ0v) is 16.9. The topological polar surface area (TPSA) is 68.3 Å². The van der Waals surface area contributed by atoms with Gasteiger partial charge in [0.15, 0.2) is 5.76 Å². The zero-order chi connectivity index (χ0) is 17.9. The van der Waals surface area contributed by atoms with Crippen molar-refractivity contribution in [3.63, 3.8) is 0 Å². The fourth-order valence-electron chi connectivity index (χ4n) is 4.57. The van der Waals surface area contributed by atoms with Crippen LogP contribution < -0.4 is 11.1 Å². The highest BCUT2D eigenvalue weighted by atomic mass is 35.5. The molecule has 4 rings (SSSR count). The first kappa shape index (κ1) is 20.3. The molecule has 146 valence electrons. The largest absolute Gasteiger partial charge is 0.459 e. The van der Waals surface area contributed by atoms with Crippen LogP contribution in [-0.4, -0.2) is 18.0 Å². The Labute approximate surface area is 171 Å². The van der Waals surface area contributed by atoms with Crippen molar-refractivity contribution in [2.75, 3.05) is 0 Å². The number of hydrogen-bond donors (Lipinski definition) is 2. The summed E-state index contributed by atoms with van der Waals surface area (Å²) in [5.74, 6) is 2.14. The number of thioether (sulfide) groups is 1. The Bertz CT molecular complexity index is 738. The van der Waals surface area contributed by atoms with Crippen LogP contribution in [0.4, 0.5) is 0 Å². The lowest BCUT2D eigenvalue weighted by Gasteiger charge is -2.45. The molecule has 2 unspecified atom stereocenters.